The molecule has 4 heteroatoms. The van der Waals surface area contributed by atoms with Gasteiger partial charge < -0.3 is 0 Å². The van der Waals surface area contributed by atoms with Crippen molar-refractivity contribution in [2.75, 3.05) is 5.88 Å². The highest BCUT2D eigenvalue weighted by Crippen LogP contribution is 2.09. The van der Waals surface area contributed by atoms with Crippen LogP contribution in [0, 0.1) is 0 Å². The van der Waals surface area contributed by atoms with E-state index in [2.05, 4.69) is 0 Å². The molecule has 0 N–H and O–H groups in total. The maximum atomic E-state index is 11.4. The van der Waals surface area contributed by atoms with Crippen LogP contribution in [0.2, 0.25) is 5.02 Å². The Morgan fingerprint density at radius 1 is 1.06 bits per heavy atom. The van der Waals surface area contributed by atoms with Crippen LogP contribution in [0.1, 0.15) is 15.9 Å². The first kappa shape index (κ1) is 13.1. The van der Waals surface area contributed by atoms with Gasteiger partial charge in [-0.15, -0.1) is 11.6 Å². The van der Waals surface area contributed by atoms with Gasteiger partial charge >= 0.3 is 0 Å². The van der Waals surface area contributed by atoms with E-state index in [0.717, 1.165) is 17.1 Å². The molecule has 2 rings (SSSR count). The van der Waals surface area contributed by atoms with Gasteiger partial charge in [-0.05, 0) is 12.1 Å². The van der Waals surface area contributed by atoms with E-state index in [1.165, 1.54) is 0 Å². The second kappa shape index (κ2) is 5.98. The molecule has 0 aliphatic carbocycles. The van der Waals surface area contributed by atoms with Crippen molar-refractivity contribution in [3.8, 4) is 0 Å². The molecule has 0 unspecified atom stereocenters. The number of nitrogens with zero attached hydrogens (tertiary/aromatic N) is 1. The third-order valence-electron chi connectivity index (χ3n) is 2.61. The maximum absolute atomic E-state index is 11.4. The minimum absolute atomic E-state index is 0.0151. The molecule has 1 aromatic carbocycles. The fourth-order valence-corrected chi connectivity index (χ4v) is 1.91. The molecule has 0 spiro atoms. The van der Waals surface area contributed by atoms with Crippen LogP contribution < -0.4 is 4.57 Å². The molecule has 0 radical (unpaired) electrons. The number of halogens is 2. The second-order valence-electron chi connectivity index (χ2n) is 3.94. The molecule has 0 amide bonds. The largest absolute Gasteiger partial charge is 0.293 e. The summed E-state index contributed by atoms with van der Waals surface area (Å²) in [6, 6.07) is 11.2. The van der Waals surface area contributed by atoms with Crippen molar-refractivity contribution >= 4 is 29.0 Å². The molecule has 0 atom stereocenters. The smallest absolute Gasteiger partial charge is 0.178 e. The first-order valence-electron chi connectivity index (χ1n) is 5.52. The Balaban J connectivity index is 2.10. The summed E-state index contributed by atoms with van der Waals surface area (Å²) >= 11 is 11.3. The van der Waals surface area contributed by atoms with E-state index >= 15 is 0 Å². The lowest BCUT2D eigenvalue weighted by molar-refractivity contribution is -0.688. The molecule has 0 saturated heterocycles. The first-order valence-corrected chi connectivity index (χ1v) is 6.43. The van der Waals surface area contributed by atoms with Crippen molar-refractivity contribution in [2.24, 2.45) is 0 Å². The second-order valence-corrected chi connectivity index (χ2v) is 4.65. The molecule has 0 saturated carbocycles. The number of hydrogen-bond donors (Lipinski definition) is 0. The lowest BCUT2D eigenvalue weighted by Gasteiger charge is -1.99. The Morgan fingerprint density at radius 3 is 2.22 bits per heavy atom. The van der Waals surface area contributed by atoms with Crippen LogP contribution in [0.3, 0.4) is 0 Å². The summed E-state index contributed by atoms with van der Waals surface area (Å²) in [4.78, 5) is 11.4. The zero-order valence-electron chi connectivity index (χ0n) is 9.64. The molecule has 1 heterocycles. The van der Waals surface area contributed by atoms with Gasteiger partial charge in [0.15, 0.2) is 24.7 Å². The van der Waals surface area contributed by atoms with Crippen molar-refractivity contribution in [2.45, 2.75) is 6.54 Å². The Hall–Kier alpha value is -1.38. The summed E-state index contributed by atoms with van der Waals surface area (Å²) < 4.78 is 1.99. The molecule has 0 bridgehead atoms. The summed E-state index contributed by atoms with van der Waals surface area (Å²) in [7, 11) is 0. The SMILES string of the molecule is O=C(CCl)c1cc[n+](Cc2ccc(Cl)cc2)cc1. The van der Waals surface area contributed by atoms with Gasteiger partial charge in [0, 0.05) is 28.3 Å². The van der Waals surface area contributed by atoms with Crippen LogP contribution in [0.15, 0.2) is 48.8 Å². The van der Waals surface area contributed by atoms with E-state index in [1.54, 1.807) is 12.1 Å². The fourth-order valence-electron chi connectivity index (χ4n) is 1.63. The van der Waals surface area contributed by atoms with E-state index in [4.69, 9.17) is 23.2 Å². The van der Waals surface area contributed by atoms with Crippen LogP contribution in [0.5, 0.6) is 0 Å². The van der Waals surface area contributed by atoms with Gasteiger partial charge in [0.1, 0.15) is 0 Å². The van der Waals surface area contributed by atoms with E-state index < -0.39 is 0 Å². The van der Waals surface area contributed by atoms with Crippen molar-refractivity contribution in [3.63, 3.8) is 0 Å². The van der Waals surface area contributed by atoms with Gasteiger partial charge in [-0.3, -0.25) is 4.79 Å². The number of carbonyl (C=O) groups excluding carboxylic acids is 1. The number of hydrogen-bond acceptors (Lipinski definition) is 1. The number of ketones is 1. The molecule has 0 fully saturated rings. The minimum atomic E-state index is -0.0599. The van der Waals surface area contributed by atoms with Crippen LogP contribution in [-0.2, 0) is 6.54 Å². The van der Waals surface area contributed by atoms with Crippen molar-refractivity contribution in [3.05, 3.63) is 64.9 Å². The third-order valence-corrected chi connectivity index (χ3v) is 3.11. The molecule has 92 valence electrons. The molecule has 0 aliphatic heterocycles. The molecular weight excluding hydrogens is 269 g/mol. The number of alkyl halides is 1. The van der Waals surface area contributed by atoms with Crippen LogP contribution in [-0.4, -0.2) is 11.7 Å². The molecular formula is C14H12Cl2NO+. The number of pyridine rings is 1. The van der Waals surface area contributed by atoms with Crippen LogP contribution in [0.25, 0.3) is 0 Å². The van der Waals surface area contributed by atoms with E-state index in [9.17, 15) is 4.79 Å². The summed E-state index contributed by atoms with van der Waals surface area (Å²) in [6.07, 6.45) is 3.74. The minimum Gasteiger partial charge on any atom is -0.293 e. The standard InChI is InChI=1S/C14H12Cl2NO/c15-9-14(18)12-5-7-17(8-6-12)10-11-1-3-13(16)4-2-11/h1-8H,9-10H2/q+1. The van der Waals surface area contributed by atoms with Gasteiger partial charge in [0.2, 0.25) is 0 Å². The highest BCUT2D eigenvalue weighted by atomic mass is 35.5. The van der Waals surface area contributed by atoms with Gasteiger partial charge in [-0.2, -0.15) is 0 Å². The summed E-state index contributed by atoms with van der Waals surface area (Å²) in [5.41, 5.74) is 1.79. The number of carbonyl (C=O) groups is 1. The predicted molar refractivity (Wildman–Crippen MR) is 72.2 cm³/mol. The normalized spacial score (nSPS) is 10.3. The van der Waals surface area contributed by atoms with Crippen molar-refractivity contribution in [1.29, 1.82) is 0 Å². The van der Waals surface area contributed by atoms with Gasteiger partial charge in [0.25, 0.3) is 0 Å². The monoisotopic (exact) mass is 280 g/mol. The van der Waals surface area contributed by atoms with E-state index in [-0.39, 0.29) is 11.7 Å². The molecule has 18 heavy (non-hydrogen) atoms. The Labute approximate surface area is 116 Å². The van der Waals surface area contributed by atoms with Crippen LogP contribution >= 0.6 is 23.2 Å². The van der Waals surface area contributed by atoms with Crippen molar-refractivity contribution < 1.29 is 9.36 Å². The first-order chi connectivity index (χ1) is 8.69. The number of benzene rings is 1. The number of Topliss-reactive ketones (excluding diaryl/α,β-unsaturated/α-hetero) is 1. The average molecular weight is 281 g/mol. The van der Waals surface area contributed by atoms with Gasteiger partial charge in [0.05, 0.1) is 5.88 Å². The van der Waals surface area contributed by atoms with Gasteiger partial charge in [-0.25, -0.2) is 4.57 Å². The molecule has 0 aliphatic rings. The Bertz CT molecular complexity index is 535. The number of rotatable bonds is 4. The average Bonchev–Trinajstić information content (AvgIpc) is 2.41. The summed E-state index contributed by atoms with van der Waals surface area (Å²) in [5, 5.41) is 0.729. The quantitative estimate of drug-likeness (QED) is 0.479. The zero-order chi connectivity index (χ0) is 13.0. The maximum Gasteiger partial charge on any atom is 0.178 e. The lowest BCUT2D eigenvalue weighted by Crippen LogP contribution is -2.33. The summed E-state index contributed by atoms with van der Waals surface area (Å²) in [5.74, 6) is -0.0448. The molecule has 2 nitrogen and oxygen atoms in total. The Kier molecular flexibility index (Phi) is 4.34. The van der Waals surface area contributed by atoms with E-state index in [1.807, 2.05) is 41.2 Å². The fraction of sp³-hybridized carbons (Fsp3) is 0.143. The lowest BCUT2D eigenvalue weighted by atomic mass is 10.2. The van der Waals surface area contributed by atoms with Gasteiger partial charge in [-0.1, -0.05) is 23.7 Å². The molecule has 2 aromatic rings. The van der Waals surface area contributed by atoms with E-state index in [0.29, 0.717) is 5.56 Å². The highest BCUT2D eigenvalue weighted by Gasteiger charge is 2.07. The highest BCUT2D eigenvalue weighted by molar-refractivity contribution is 6.30. The predicted octanol–water partition coefficient (Wildman–Crippen LogP) is 3.10. The summed E-state index contributed by atoms with van der Waals surface area (Å²) in [6.45, 7) is 0.743. The van der Waals surface area contributed by atoms with Crippen molar-refractivity contribution in [1.82, 2.24) is 0 Å². The zero-order valence-corrected chi connectivity index (χ0v) is 11.2. The number of aromatic nitrogens is 1. The third kappa shape index (κ3) is 3.31. The molecule has 1 aromatic heterocycles. The Morgan fingerprint density at radius 2 is 1.67 bits per heavy atom. The van der Waals surface area contributed by atoms with Crippen LogP contribution in [0.4, 0.5) is 0 Å². The topological polar surface area (TPSA) is 20.9 Å².